The number of benzene rings is 2. The molecular weight excluding hydrogens is 314 g/mol. The van der Waals surface area contributed by atoms with Crippen LogP contribution in [-0.4, -0.2) is 22.1 Å². The Morgan fingerprint density at radius 3 is 2.72 bits per heavy atom. The second-order valence-electron chi connectivity index (χ2n) is 6.50. The molecule has 1 saturated carbocycles. The first kappa shape index (κ1) is 15.7. The topological polar surface area (TPSA) is 56.1 Å². The van der Waals surface area contributed by atoms with E-state index in [9.17, 15) is 4.79 Å². The van der Waals surface area contributed by atoms with Crippen molar-refractivity contribution in [1.29, 1.82) is 0 Å². The van der Waals surface area contributed by atoms with E-state index in [-0.39, 0.29) is 12.5 Å². The lowest BCUT2D eigenvalue weighted by Crippen LogP contribution is -2.29. The van der Waals surface area contributed by atoms with Gasteiger partial charge in [-0.2, -0.15) is 0 Å². The van der Waals surface area contributed by atoms with E-state index in [4.69, 9.17) is 4.74 Å². The molecule has 3 aromatic rings. The molecule has 1 N–H and O–H groups in total. The summed E-state index contributed by atoms with van der Waals surface area (Å²) in [5.74, 6) is 1.47. The first-order valence-electron chi connectivity index (χ1n) is 8.63. The van der Waals surface area contributed by atoms with Crippen LogP contribution >= 0.6 is 0 Å². The van der Waals surface area contributed by atoms with Gasteiger partial charge in [0.2, 0.25) is 0 Å². The molecule has 5 nitrogen and oxygen atoms in total. The number of fused-ring (bicyclic) bond motifs is 1. The molecule has 1 fully saturated rings. The molecule has 0 saturated heterocycles. The molecule has 1 aliphatic carbocycles. The molecule has 0 atom stereocenters. The van der Waals surface area contributed by atoms with Crippen LogP contribution in [0.2, 0.25) is 0 Å². The summed E-state index contributed by atoms with van der Waals surface area (Å²) in [5.41, 5.74) is 3.29. The Morgan fingerprint density at radius 1 is 1.20 bits per heavy atom. The van der Waals surface area contributed by atoms with Crippen LogP contribution in [0.3, 0.4) is 0 Å². The van der Waals surface area contributed by atoms with E-state index in [1.54, 1.807) is 0 Å². The van der Waals surface area contributed by atoms with E-state index >= 15 is 0 Å². The summed E-state index contributed by atoms with van der Waals surface area (Å²) >= 11 is 0. The molecule has 1 heterocycles. The molecule has 1 aromatic heterocycles. The first-order chi connectivity index (χ1) is 12.2. The number of hydrogen-bond donors (Lipinski definition) is 1. The second-order valence-corrected chi connectivity index (χ2v) is 6.50. The number of amides is 1. The van der Waals surface area contributed by atoms with Gasteiger partial charge in [-0.1, -0.05) is 29.8 Å². The predicted octanol–water partition coefficient (Wildman–Crippen LogP) is 3.37. The minimum Gasteiger partial charge on any atom is -0.484 e. The van der Waals surface area contributed by atoms with Gasteiger partial charge in [0.25, 0.3) is 5.91 Å². The minimum absolute atomic E-state index is 0.00666. The maximum absolute atomic E-state index is 12.1. The second kappa shape index (κ2) is 6.59. The van der Waals surface area contributed by atoms with Gasteiger partial charge in [-0.3, -0.25) is 4.79 Å². The van der Waals surface area contributed by atoms with Crippen LogP contribution in [0.15, 0.2) is 48.5 Å². The summed E-state index contributed by atoms with van der Waals surface area (Å²) in [7, 11) is 0. The van der Waals surface area contributed by atoms with Crippen LogP contribution in [-0.2, 0) is 11.3 Å². The van der Waals surface area contributed by atoms with Gasteiger partial charge in [0.1, 0.15) is 11.6 Å². The van der Waals surface area contributed by atoms with E-state index in [2.05, 4.69) is 20.9 Å². The summed E-state index contributed by atoms with van der Waals surface area (Å²) in [6.45, 7) is 2.44. The highest BCUT2D eigenvalue weighted by Crippen LogP contribution is 2.38. The van der Waals surface area contributed by atoms with Crippen LogP contribution in [0.1, 0.15) is 30.3 Å². The molecule has 0 spiro atoms. The highest BCUT2D eigenvalue weighted by atomic mass is 16.5. The molecule has 0 unspecified atom stereocenters. The summed E-state index contributed by atoms with van der Waals surface area (Å²) in [6, 6.07) is 16.3. The molecule has 0 aliphatic heterocycles. The number of ether oxygens (including phenoxy) is 1. The SMILES string of the molecule is Cc1ccc(OCC(=O)NCc2nc3ccccc3n2C2CC2)cc1. The number of carbonyl (C=O) groups is 1. The summed E-state index contributed by atoms with van der Waals surface area (Å²) in [5, 5.41) is 2.92. The van der Waals surface area contributed by atoms with Crippen molar-refractivity contribution in [2.75, 3.05) is 6.61 Å². The molecule has 128 valence electrons. The third kappa shape index (κ3) is 3.50. The van der Waals surface area contributed by atoms with Crippen molar-refractivity contribution in [3.63, 3.8) is 0 Å². The van der Waals surface area contributed by atoms with Gasteiger partial charge in [-0.05, 0) is 44.0 Å². The van der Waals surface area contributed by atoms with Crippen molar-refractivity contribution in [3.05, 3.63) is 59.9 Å². The van der Waals surface area contributed by atoms with Crippen molar-refractivity contribution < 1.29 is 9.53 Å². The normalized spacial score (nSPS) is 13.8. The zero-order valence-corrected chi connectivity index (χ0v) is 14.2. The minimum atomic E-state index is -0.144. The van der Waals surface area contributed by atoms with Gasteiger partial charge in [-0.25, -0.2) is 4.98 Å². The van der Waals surface area contributed by atoms with Crippen molar-refractivity contribution in [3.8, 4) is 5.75 Å². The monoisotopic (exact) mass is 335 g/mol. The number of para-hydroxylation sites is 2. The Kier molecular flexibility index (Phi) is 4.14. The Balaban J connectivity index is 1.39. The average Bonchev–Trinajstić information content (AvgIpc) is 3.39. The Morgan fingerprint density at radius 2 is 1.96 bits per heavy atom. The van der Waals surface area contributed by atoms with Gasteiger partial charge in [0.05, 0.1) is 17.6 Å². The largest absolute Gasteiger partial charge is 0.484 e. The fraction of sp³-hybridized carbons (Fsp3) is 0.300. The number of nitrogens with one attached hydrogen (secondary N) is 1. The summed E-state index contributed by atoms with van der Waals surface area (Å²) < 4.78 is 7.78. The molecular formula is C20H21N3O2. The van der Waals surface area contributed by atoms with E-state index in [0.717, 1.165) is 22.4 Å². The Labute approximate surface area is 146 Å². The van der Waals surface area contributed by atoms with Crippen molar-refractivity contribution >= 4 is 16.9 Å². The molecule has 4 rings (SSSR count). The van der Waals surface area contributed by atoms with Crippen molar-refractivity contribution in [1.82, 2.24) is 14.9 Å². The van der Waals surface area contributed by atoms with Crippen LogP contribution in [0.25, 0.3) is 11.0 Å². The Hall–Kier alpha value is -2.82. The third-order valence-electron chi connectivity index (χ3n) is 4.42. The predicted molar refractivity (Wildman–Crippen MR) is 96.5 cm³/mol. The number of imidazole rings is 1. The van der Waals surface area contributed by atoms with Crippen molar-refractivity contribution in [2.24, 2.45) is 0 Å². The highest BCUT2D eigenvalue weighted by Gasteiger charge is 2.28. The fourth-order valence-electron chi connectivity index (χ4n) is 2.97. The van der Waals surface area contributed by atoms with Gasteiger partial charge in [-0.15, -0.1) is 0 Å². The molecule has 25 heavy (non-hydrogen) atoms. The van der Waals surface area contributed by atoms with Crippen LogP contribution in [0.5, 0.6) is 5.75 Å². The molecule has 0 radical (unpaired) electrons. The molecule has 0 bridgehead atoms. The van der Waals surface area contributed by atoms with Crippen molar-refractivity contribution in [2.45, 2.75) is 32.4 Å². The highest BCUT2D eigenvalue weighted by molar-refractivity contribution is 5.78. The van der Waals surface area contributed by atoms with E-state index < -0.39 is 0 Å². The first-order valence-corrected chi connectivity index (χ1v) is 8.63. The number of carbonyl (C=O) groups excluding carboxylic acids is 1. The summed E-state index contributed by atoms with van der Waals surface area (Å²) in [4.78, 5) is 16.8. The smallest absolute Gasteiger partial charge is 0.258 e. The van der Waals surface area contributed by atoms with Crippen LogP contribution < -0.4 is 10.1 Å². The molecule has 1 aliphatic rings. The quantitative estimate of drug-likeness (QED) is 0.751. The average molecular weight is 335 g/mol. The lowest BCUT2D eigenvalue weighted by Gasteiger charge is -2.10. The number of rotatable bonds is 6. The number of aromatic nitrogens is 2. The molecule has 5 heteroatoms. The standard InChI is InChI=1S/C20H21N3O2/c1-14-6-10-16(11-7-14)25-13-20(24)21-12-19-22-17-4-2-3-5-18(17)23(19)15-8-9-15/h2-7,10-11,15H,8-9,12-13H2,1H3,(H,21,24). The van der Waals surface area contributed by atoms with Gasteiger partial charge >= 0.3 is 0 Å². The maximum Gasteiger partial charge on any atom is 0.258 e. The number of nitrogens with zero attached hydrogens (tertiary/aromatic N) is 2. The zero-order chi connectivity index (χ0) is 17.2. The molecule has 2 aromatic carbocycles. The summed E-state index contributed by atoms with van der Waals surface area (Å²) in [6.07, 6.45) is 2.36. The van der Waals surface area contributed by atoms with E-state index in [1.165, 1.54) is 12.8 Å². The van der Waals surface area contributed by atoms with Gasteiger partial charge < -0.3 is 14.6 Å². The van der Waals surface area contributed by atoms with Gasteiger partial charge in [0.15, 0.2) is 6.61 Å². The van der Waals surface area contributed by atoms with Gasteiger partial charge in [0, 0.05) is 6.04 Å². The number of hydrogen-bond acceptors (Lipinski definition) is 3. The lowest BCUT2D eigenvalue weighted by atomic mass is 10.2. The third-order valence-corrected chi connectivity index (χ3v) is 4.42. The molecule has 1 amide bonds. The van der Waals surface area contributed by atoms with E-state index in [0.29, 0.717) is 18.3 Å². The fourth-order valence-corrected chi connectivity index (χ4v) is 2.97. The zero-order valence-electron chi connectivity index (χ0n) is 14.2. The van der Waals surface area contributed by atoms with E-state index in [1.807, 2.05) is 49.4 Å². The van der Waals surface area contributed by atoms with Crippen LogP contribution in [0, 0.1) is 6.92 Å². The number of aryl methyl sites for hydroxylation is 1. The lowest BCUT2D eigenvalue weighted by molar-refractivity contribution is -0.123. The maximum atomic E-state index is 12.1. The Bertz CT molecular complexity index is 895. The van der Waals surface area contributed by atoms with Crippen LogP contribution in [0.4, 0.5) is 0 Å².